The SMILES string of the molecule is O=c1[nH]c2ccccc2nc1/C=C(\O)c1c(O)ccc2ccccc12. The van der Waals surface area contributed by atoms with Crippen LogP contribution in [0.4, 0.5) is 0 Å². The number of phenolic OH excluding ortho intramolecular Hbond substituents is 1. The molecule has 0 saturated carbocycles. The molecule has 0 saturated heterocycles. The van der Waals surface area contributed by atoms with Gasteiger partial charge in [0.15, 0.2) is 0 Å². The van der Waals surface area contributed by atoms with Gasteiger partial charge < -0.3 is 15.2 Å². The minimum atomic E-state index is -0.412. The molecular formula is C20H14N2O3. The average Bonchev–Trinajstić information content (AvgIpc) is 2.62. The highest BCUT2D eigenvalue weighted by Crippen LogP contribution is 2.32. The molecule has 1 heterocycles. The van der Waals surface area contributed by atoms with E-state index in [4.69, 9.17) is 0 Å². The number of fused-ring (bicyclic) bond motifs is 2. The fourth-order valence-corrected chi connectivity index (χ4v) is 2.87. The van der Waals surface area contributed by atoms with Gasteiger partial charge in [0.05, 0.1) is 16.6 Å². The van der Waals surface area contributed by atoms with E-state index >= 15 is 0 Å². The number of aromatic hydroxyl groups is 1. The zero-order valence-corrected chi connectivity index (χ0v) is 13.1. The van der Waals surface area contributed by atoms with Crippen molar-refractivity contribution >= 4 is 33.6 Å². The lowest BCUT2D eigenvalue weighted by Gasteiger charge is -2.08. The van der Waals surface area contributed by atoms with Crippen LogP contribution < -0.4 is 5.56 Å². The topological polar surface area (TPSA) is 86.2 Å². The summed E-state index contributed by atoms with van der Waals surface area (Å²) in [5.74, 6) is -0.285. The number of hydrogen-bond donors (Lipinski definition) is 3. The quantitative estimate of drug-likeness (QED) is 0.487. The van der Waals surface area contributed by atoms with Crippen molar-refractivity contribution in [3.63, 3.8) is 0 Å². The highest BCUT2D eigenvalue weighted by Gasteiger charge is 2.12. The van der Waals surface area contributed by atoms with Gasteiger partial charge in [-0.2, -0.15) is 0 Å². The zero-order chi connectivity index (χ0) is 17.4. The smallest absolute Gasteiger partial charge is 0.274 e. The molecule has 3 N–H and O–H groups in total. The Morgan fingerprint density at radius 2 is 1.76 bits per heavy atom. The van der Waals surface area contributed by atoms with Crippen LogP contribution in [0.15, 0.2) is 65.5 Å². The number of rotatable bonds is 2. The Labute approximate surface area is 142 Å². The molecule has 5 heteroatoms. The molecule has 0 fully saturated rings. The van der Waals surface area contributed by atoms with Crippen LogP contribution in [0, 0.1) is 0 Å². The second kappa shape index (κ2) is 5.79. The molecule has 1 aromatic heterocycles. The summed E-state index contributed by atoms with van der Waals surface area (Å²) in [6.45, 7) is 0. The van der Waals surface area contributed by atoms with Crippen molar-refractivity contribution < 1.29 is 10.2 Å². The molecule has 0 atom stereocenters. The monoisotopic (exact) mass is 330 g/mol. The maximum absolute atomic E-state index is 12.2. The summed E-state index contributed by atoms with van der Waals surface area (Å²) in [4.78, 5) is 19.2. The lowest BCUT2D eigenvalue weighted by Crippen LogP contribution is -2.12. The molecular weight excluding hydrogens is 316 g/mol. The third-order valence-corrected chi connectivity index (χ3v) is 4.06. The van der Waals surface area contributed by atoms with Crippen LogP contribution in [-0.2, 0) is 0 Å². The Morgan fingerprint density at radius 1 is 1.00 bits per heavy atom. The van der Waals surface area contributed by atoms with Crippen LogP contribution in [0.1, 0.15) is 11.3 Å². The van der Waals surface area contributed by atoms with Gasteiger partial charge in [0, 0.05) is 6.08 Å². The van der Waals surface area contributed by atoms with Gasteiger partial charge in [0.1, 0.15) is 17.2 Å². The number of para-hydroxylation sites is 2. The molecule has 0 aliphatic carbocycles. The normalized spacial score (nSPS) is 11.9. The molecule has 0 bridgehead atoms. The molecule has 0 aliphatic heterocycles. The number of nitrogens with one attached hydrogen (secondary N) is 1. The minimum Gasteiger partial charge on any atom is -0.507 e. The van der Waals surface area contributed by atoms with E-state index in [1.165, 1.54) is 12.1 Å². The van der Waals surface area contributed by atoms with E-state index in [2.05, 4.69) is 9.97 Å². The molecule has 122 valence electrons. The van der Waals surface area contributed by atoms with Crippen molar-refractivity contribution in [1.29, 1.82) is 0 Å². The Bertz CT molecular complexity index is 1190. The summed E-state index contributed by atoms with van der Waals surface area (Å²) in [6, 6.07) is 17.8. The fraction of sp³-hybridized carbons (Fsp3) is 0. The summed E-state index contributed by atoms with van der Waals surface area (Å²) < 4.78 is 0. The van der Waals surface area contributed by atoms with Gasteiger partial charge in [-0.05, 0) is 29.0 Å². The van der Waals surface area contributed by atoms with Gasteiger partial charge in [-0.3, -0.25) is 4.79 Å². The molecule has 0 unspecified atom stereocenters. The van der Waals surface area contributed by atoms with Crippen LogP contribution in [-0.4, -0.2) is 20.2 Å². The first-order valence-corrected chi connectivity index (χ1v) is 7.74. The summed E-state index contributed by atoms with van der Waals surface area (Å²) >= 11 is 0. The van der Waals surface area contributed by atoms with Crippen molar-refractivity contribution in [2.45, 2.75) is 0 Å². The maximum Gasteiger partial charge on any atom is 0.274 e. The number of nitrogens with zero attached hydrogens (tertiary/aromatic N) is 1. The molecule has 25 heavy (non-hydrogen) atoms. The fourth-order valence-electron chi connectivity index (χ4n) is 2.87. The third kappa shape index (κ3) is 2.61. The van der Waals surface area contributed by atoms with Crippen LogP contribution in [0.2, 0.25) is 0 Å². The standard InChI is InChI=1S/C20H14N2O3/c23-17-10-9-12-5-1-2-6-13(12)19(17)18(24)11-16-20(25)22-15-8-4-3-7-14(15)21-16/h1-11,23-24H,(H,22,25)/b18-11-. The number of aliphatic hydroxyl groups is 1. The molecule has 0 amide bonds. The number of aromatic nitrogens is 2. The van der Waals surface area contributed by atoms with Crippen LogP contribution in [0.3, 0.4) is 0 Å². The van der Waals surface area contributed by atoms with Crippen molar-refractivity contribution in [3.8, 4) is 5.75 Å². The Hall–Kier alpha value is -3.60. The second-order valence-electron chi connectivity index (χ2n) is 5.68. The number of H-pyrrole nitrogens is 1. The Balaban J connectivity index is 1.92. The van der Waals surface area contributed by atoms with Gasteiger partial charge in [0.25, 0.3) is 5.56 Å². The predicted molar refractivity (Wildman–Crippen MR) is 98.5 cm³/mol. The lowest BCUT2D eigenvalue weighted by atomic mass is 10.0. The highest BCUT2D eigenvalue weighted by atomic mass is 16.3. The van der Waals surface area contributed by atoms with Gasteiger partial charge in [-0.1, -0.05) is 42.5 Å². The Morgan fingerprint density at radius 3 is 2.64 bits per heavy atom. The molecule has 0 radical (unpaired) electrons. The van der Waals surface area contributed by atoms with E-state index in [1.807, 2.05) is 24.3 Å². The first-order chi connectivity index (χ1) is 12.1. The van der Waals surface area contributed by atoms with Gasteiger partial charge >= 0.3 is 0 Å². The number of hydrogen-bond acceptors (Lipinski definition) is 4. The summed E-state index contributed by atoms with van der Waals surface area (Å²) in [6.07, 6.45) is 1.27. The van der Waals surface area contributed by atoms with E-state index in [1.54, 1.807) is 30.3 Å². The molecule has 4 aromatic rings. The van der Waals surface area contributed by atoms with Gasteiger partial charge in [-0.25, -0.2) is 4.98 Å². The lowest BCUT2D eigenvalue weighted by molar-refractivity contribution is 0.462. The van der Waals surface area contributed by atoms with E-state index in [-0.39, 0.29) is 22.8 Å². The van der Waals surface area contributed by atoms with Crippen LogP contribution in [0.25, 0.3) is 33.6 Å². The first-order valence-electron chi connectivity index (χ1n) is 7.74. The van der Waals surface area contributed by atoms with Crippen molar-refractivity contribution in [3.05, 3.63) is 82.3 Å². The zero-order valence-electron chi connectivity index (χ0n) is 13.1. The minimum absolute atomic E-state index is 0.0651. The predicted octanol–water partition coefficient (Wildman–Crippen LogP) is 3.84. The van der Waals surface area contributed by atoms with Crippen LogP contribution in [0.5, 0.6) is 5.75 Å². The third-order valence-electron chi connectivity index (χ3n) is 4.06. The first kappa shape index (κ1) is 15.0. The van der Waals surface area contributed by atoms with E-state index in [9.17, 15) is 15.0 Å². The Kier molecular flexibility index (Phi) is 3.47. The van der Waals surface area contributed by atoms with Crippen molar-refractivity contribution in [2.75, 3.05) is 0 Å². The van der Waals surface area contributed by atoms with E-state index < -0.39 is 5.56 Å². The van der Waals surface area contributed by atoms with Gasteiger partial charge in [0.2, 0.25) is 0 Å². The number of phenols is 1. The number of aliphatic hydroxyl groups excluding tert-OH is 1. The molecule has 3 aromatic carbocycles. The van der Waals surface area contributed by atoms with E-state index in [0.29, 0.717) is 16.4 Å². The highest BCUT2D eigenvalue weighted by molar-refractivity contribution is 5.97. The molecule has 0 aliphatic rings. The van der Waals surface area contributed by atoms with Crippen molar-refractivity contribution in [2.24, 2.45) is 0 Å². The maximum atomic E-state index is 12.2. The average molecular weight is 330 g/mol. The summed E-state index contributed by atoms with van der Waals surface area (Å²) in [7, 11) is 0. The molecule has 0 spiro atoms. The van der Waals surface area contributed by atoms with E-state index in [0.717, 1.165) is 5.39 Å². The molecule has 4 rings (SSSR count). The van der Waals surface area contributed by atoms with Gasteiger partial charge in [-0.15, -0.1) is 0 Å². The number of aromatic amines is 1. The number of benzene rings is 3. The van der Waals surface area contributed by atoms with Crippen molar-refractivity contribution in [1.82, 2.24) is 9.97 Å². The van der Waals surface area contributed by atoms with Crippen LogP contribution >= 0.6 is 0 Å². The largest absolute Gasteiger partial charge is 0.507 e. The second-order valence-corrected chi connectivity index (χ2v) is 5.68. The summed E-state index contributed by atoms with van der Waals surface area (Å²) in [5, 5.41) is 22.3. The summed E-state index contributed by atoms with van der Waals surface area (Å²) in [5.41, 5.74) is 1.17. The molecule has 5 nitrogen and oxygen atoms in total.